The highest BCUT2D eigenvalue weighted by atomic mass is 16.3. The Labute approximate surface area is 111 Å². The molecule has 0 atom stereocenters. The van der Waals surface area contributed by atoms with Gasteiger partial charge in [-0.25, -0.2) is 0 Å². The molecule has 0 aliphatic heterocycles. The molecule has 0 saturated carbocycles. The molecule has 2 aromatic rings. The molecule has 0 fully saturated rings. The van der Waals surface area contributed by atoms with Crippen LogP contribution in [0.2, 0.25) is 0 Å². The van der Waals surface area contributed by atoms with Crippen LogP contribution in [0.4, 0.5) is 11.4 Å². The van der Waals surface area contributed by atoms with Crippen LogP contribution >= 0.6 is 0 Å². The molecule has 0 heterocycles. The maximum Gasteiger partial charge on any atom is 0.259 e. The van der Waals surface area contributed by atoms with Crippen LogP contribution < -0.4 is 11.1 Å². The van der Waals surface area contributed by atoms with Gasteiger partial charge >= 0.3 is 0 Å². The number of benzene rings is 2. The molecule has 98 valence electrons. The summed E-state index contributed by atoms with van der Waals surface area (Å²) in [6.07, 6.45) is 0. The molecule has 1 amide bonds. The fourth-order valence-corrected chi connectivity index (χ4v) is 2.04. The zero-order chi connectivity index (χ0) is 14.0. The first-order chi connectivity index (χ1) is 8.99. The van der Waals surface area contributed by atoms with Crippen LogP contribution in [-0.4, -0.2) is 11.0 Å². The molecule has 0 aromatic heterocycles. The van der Waals surface area contributed by atoms with Gasteiger partial charge in [0.25, 0.3) is 5.91 Å². The van der Waals surface area contributed by atoms with E-state index in [0.29, 0.717) is 5.69 Å². The van der Waals surface area contributed by atoms with Crippen LogP contribution in [0.5, 0.6) is 5.75 Å². The van der Waals surface area contributed by atoms with E-state index in [0.717, 1.165) is 16.8 Å². The second-order valence-corrected chi connectivity index (χ2v) is 4.50. The Morgan fingerprint density at radius 2 is 1.74 bits per heavy atom. The molecule has 4 nitrogen and oxygen atoms in total. The number of para-hydroxylation sites is 1. The highest BCUT2D eigenvalue weighted by Crippen LogP contribution is 2.25. The summed E-state index contributed by atoms with van der Waals surface area (Å²) < 4.78 is 0. The van der Waals surface area contributed by atoms with E-state index in [9.17, 15) is 9.90 Å². The van der Waals surface area contributed by atoms with Crippen LogP contribution in [0, 0.1) is 13.8 Å². The van der Waals surface area contributed by atoms with E-state index in [1.165, 1.54) is 6.07 Å². The SMILES string of the molecule is Cc1cc(N)cc(C)c1NC(=O)c1ccccc1O. The minimum absolute atomic E-state index is 0.0363. The van der Waals surface area contributed by atoms with Crippen molar-refractivity contribution in [3.05, 3.63) is 53.1 Å². The van der Waals surface area contributed by atoms with Gasteiger partial charge in [0.15, 0.2) is 0 Å². The van der Waals surface area contributed by atoms with Gasteiger partial charge in [-0.05, 0) is 49.2 Å². The van der Waals surface area contributed by atoms with Crippen molar-refractivity contribution in [1.82, 2.24) is 0 Å². The lowest BCUT2D eigenvalue weighted by molar-refractivity contribution is 0.102. The van der Waals surface area contributed by atoms with Gasteiger partial charge in [-0.15, -0.1) is 0 Å². The predicted octanol–water partition coefficient (Wildman–Crippen LogP) is 2.84. The van der Waals surface area contributed by atoms with Gasteiger partial charge in [0, 0.05) is 11.4 Å². The van der Waals surface area contributed by atoms with Gasteiger partial charge in [0.05, 0.1) is 5.56 Å². The number of aromatic hydroxyl groups is 1. The summed E-state index contributed by atoms with van der Waals surface area (Å²) in [5, 5.41) is 12.5. The van der Waals surface area contributed by atoms with Crippen LogP contribution in [-0.2, 0) is 0 Å². The second-order valence-electron chi connectivity index (χ2n) is 4.50. The first kappa shape index (κ1) is 13.0. The predicted molar refractivity (Wildman–Crippen MR) is 76.4 cm³/mol. The molecule has 0 aliphatic rings. The summed E-state index contributed by atoms with van der Waals surface area (Å²) in [4.78, 5) is 12.1. The molecular formula is C15H16N2O2. The Kier molecular flexibility index (Phi) is 3.42. The highest BCUT2D eigenvalue weighted by Gasteiger charge is 2.13. The summed E-state index contributed by atoms with van der Waals surface area (Å²) in [5.41, 5.74) is 9.16. The topological polar surface area (TPSA) is 75.3 Å². The number of hydrogen-bond acceptors (Lipinski definition) is 3. The smallest absolute Gasteiger partial charge is 0.259 e. The third kappa shape index (κ3) is 2.68. The average Bonchev–Trinajstić information content (AvgIpc) is 2.34. The van der Waals surface area contributed by atoms with Gasteiger partial charge in [-0.2, -0.15) is 0 Å². The number of aryl methyl sites for hydroxylation is 2. The quantitative estimate of drug-likeness (QED) is 0.723. The van der Waals surface area contributed by atoms with Gasteiger partial charge in [0.1, 0.15) is 5.75 Å². The third-order valence-corrected chi connectivity index (χ3v) is 2.94. The summed E-state index contributed by atoms with van der Waals surface area (Å²) >= 11 is 0. The molecule has 0 spiro atoms. The van der Waals surface area contributed by atoms with Crippen molar-refractivity contribution in [1.29, 1.82) is 0 Å². The molecule has 2 rings (SSSR count). The molecule has 4 N–H and O–H groups in total. The lowest BCUT2D eigenvalue weighted by Gasteiger charge is -2.13. The lowest BCUT2D eigenvalue weighted by atomic mass is 10.1. The first-order valence-electron chi connectivity index (χ1n) is 5.95. The molecule has 0 aliphatic carbocycles. The third-order valence-electron chi connectivity index (χ3n) is 2.94. The Morgan fingerprint density at radius 1 is 1.16 bits per heavy atom. The number of rotatable bonds is 2. The summed E-state index contributed by atoms with van der Waals surface area (Å²) in [6.45, 7) is 3.76. The van der Waals surface area contributed by atoms with E-state index >= 15 is 0 Å². The summed E-state index contributed by atoms with van der Waals surface area (Å²) in [6, 6.07) is 10.0. The monoisotopic (exact) mass is 256 g/mol. The lowest BCUT2D eigenvalue weighted by Crippen LogP contribution is -2.14. The number of carbonyl (C=O) groups is 1. The molecule has 19 heavy (non-hydrogen) atoms. The number of carbonyl (C=O) groups excluding carboxylic acids is 1. The van der Waals surface area contributed by atoms with Crippen LogP contribution in [0.25, 0.3) is 0 Å². The Bertz CT molecular complexity index is 613. The Hall–Kier alpha value is -2.49. The first-order valence-corrected chi connectivity index (χ1v) is 5.95. The standard InChI is InChI=1S/C15H16N2O2/c1-9-7-11(16)8-10(2)14(9)17-15(19)12-5-3-4-6-13(12)18/h3-8,18H,16H2,1-2H3,(H,17,19). The number of amides is 1. The number of phenols is 1. The molecule has 0 saturated heterocycles. The number of hydrogen-bond donors (Lipinski definition) is 3. The number of nitrogens with one attached hydrogen (secondary N) is 1. The van der Waals surface area contributed by atoms with E-state index in [-0.39, 0.29) is 17.2 Å². The van der Waals surface area contributed by atoms with Gasteiger partial charge < -0.3 is 16.2 Å². The van der Waals surface area contributed by atoms with Gasteiger partial charge in [0.2, 0.25) is 0 Å². The zero-order valence-electron chi connectivity index (χ0n) is 10.9. The van der Waals surface area contributed by atoms with Crippen molar-refractivity contribution < 1.29 is 9.90 Å². The van der Waals surface area contributed by atoms with Crippen LogP contribution in [0.1, 0.15) is 21.5 Å². The van der Waals surface area contributed by atoms with Crippen molar-refractivity contribution in [3.8, 4) is 5.75 Å². The number of nitrogens with two attached hydrogens (primary N) is 1. The van der Waals surface area contributed by atoms with Crippen LogP contribution in [0.15, 0.2) is 36.4 Å². The molecular weight excluding hydrogens is 240 g/mol. The molecule has 0 unspecified atom stereocenters. The summed E-state index contributed by atoms with van der Waals surface area (Å²) in [5.74, 6) is -0.375. The van der Waals surface area contributed by atoms with Gasteiger partial charge in [-0.1, -0.05) is 12.1 Å². The maximum atomic E-state index is 12.1. The molecule has 2 aromatic carbocycles. The van der Waals surface area contributed by atoms with E-state index in [1.54, 1.807) is 30.3 Å². The van der Waals surface area contributed by atoms with Crippen LogP contribution in [0.3, 0.4) is 0 Å². The van der Waals surface area contributed by atoms with E-state index < -0.39 is 0 Å². The number of phenolic OH excluding ortho intramolecular Hbond substituents is 1. The molecule has 0 bridgehead atoms. The number of anilines is 2. The minimum Gasteiger partial charge on any atom is -0.507 e. The van der Waals surface area contributed by atoms with Crippen molar-refractivity contribution in [2.75, 3.05) is 11.1 Å². The Balaban J connectivity index is 2.32. The van der Waals surface area contributed by atoms with E-state index in [1.807, 2.05) is 13.8 Å². The van der Waals surface area contributed by atoms with Gasteiger partial charge in [-0.3, -0.25) is 4.79 Å². The van der Waals surface area contributed by atoms with Crippen molar-refractivity contribution >= 4 is 17.3 Å². The largest absolute Gasteiger partial charge is 0.507 e. The highest BCUT2D eigenvalue weighted by molar-refractivity contribution is 6.06. The Morgan fingerprint density at radius 3 is 2.32 bits per heavy atom. The van der Waals surface area contributed by atoms with E-state index in [2.05, 4.69) is 5.32 Å². The van der Waals surface area contributed by atoms with Crippen molar-refractivity contribution in [2.45, 2.75) is 13.8 Å². The second kappa shape index (κ2) is 5.02. The van der Waals surface area contributed by atoms with Crippen molar-refractivity contribution in [3.63, 3.8) is 0 Å². The number of nitrogen functional groups attached to an aromatic ring is 1. The van der Waals surface area contributed by atoms with Crippen molar-refractivity contribution in [2.24, 2.45) is 0 Å². The fourth-order valence-electron chi connectivity index (χ4n) is 2.04. The normalized spacial score (nSPS) is 10.2. The maximum absolute atomic E-state index is 12.1. The fraction of sp³-hybridized carbons (Fsp3) is 0.133. The summed E-state index contributed by atoms with van der Waals surface area (Å²) in [7, 11) is 0. The minimum atomic E-state index is -0.339. The molecule has 4 heteroatoms. The zero-order valence-corrected chi connectivity index (χ0v) is 10.9. The molecule has 0 radical (unpaired) electrons. The van der Waals surface area contributed by atoms with E-state index in [4.69, 9.17) is 5.73 Å². The average molecular weight is 256 g/mol.